The summed E-state index contributed by atoms with van der Waals surface area (Å²) in [7, 11) is 1.24. The van der Waals surface area contributed by atoms with Crippen LogP contribution in [0.5, 0.6) is 0 Å². The number of aliphatic hydroxyl groups is 1. The van der Waals surface area contributed by atoms with Crippen molar-refractivity contribution in [3.63, 3.8) is 0 Å². The maximum atomic E-state index is 13.6. The molecule has 2 aromatic rings. The number of hydrazone groups is 1. The van der Waals surface area contributed by atoms with Crippen molar-refractivity contribution in [2.75, 3.05) is 7.05 Å². The Kier molecular flexibility index (Phi) is 9.73. The zero-order valence-electron chi connectivity index (χ0n) is 21.9. The van der Waals surface area contributed by atoms with Crippen LogP contribution in [0.2, 0.25) is 0 Å². The maximum Gasteiger partial charge on any atom is 0.416 e. The number of alkyl halides is 9. The first-order valence-electron chi connectivity index (χ1n) is 12.6. The van der Waals surface area contributed by atoms with Crippen molar-refractivity contribution in [3.8, 4) is 0 Å². The normalized spacial score (nSPS) is 16.5. The van der Waals surface area contributed by atoms with Crippen LogP contribution in [0, 0.1) is 5.92 Å². The average Bonchev–Trinajstić information content (AvgIpc) is 2.86. The molecule has 0 saturated heterocycles. The number of rotatable bonds is 7. The first-order chi connectivity index (χ1) is 18.9. The zero-order chi connectivity index (χ0) is 30.8. The third-order valence-corrected chi connectivity index (χ3v) is 6.85. The maximum absolute atomic E-state index is 13.6. The van der Waals surface area contributed by atoms with Gasteiger partial charge in [0.1, 0.15) is 0 Å². The van der Waals surface area contributed by atoms with Gasteiger partial charge in [-0.3, -0.25) is 0 Å². The lowest BCUT2D eigenvalue weighted by Gasteiger charge is -2.31. The second-order valence-electron chi connectivity index (χ2n) is 10.1. The van der Waals surface area contributed by atoms with Gasteiger partial charge in [-0.25, -0.2) is 11.0 Å². The zero-order valence-corrected chi connectivity index (χ0v) is 21.9. The largest absolute Gasteiger partial charge is 0.416 e. The van der Waals surface area contributed by atoms with Crippen LogP contribution >= 0.6 is 0 Å². The minimum absolute atomic E-state index is 0.0373. The molecule has 1 fully saturated rings. The quantitative estimate of drug-likeness (QED) is 0.113. The van der Waals surface area contributed by atoms with Gasteiger partial charge in [-0.05, 0) is 65.8 Å². The second kappa shape index (κ2) is 12.3. The van der Waals surface area contributed by atoms with Crippen molar-refractivity contribution >= 4 is 5.96 Å². The molecule has 1 atom stereocenters. The molecule has 0 bridgehead atoms. The monoisotopic (exact) mass is 599 g/mol. The van der Waals surface area contributed by atoms with Gasteiger partial charge in [0.25, 0.3) is 0 Å². The molecule has 1 aliphatic carbocycles. The number of nitrogens with two attached hydrogens (primary N) is 2. The van der Waals surface area contributed by atoms with Crippen molar-refractivity contribution < 1.29 is 44.6 Å². The lowest BCUT2D eigenvalue weighted by Crippen LogP contribution is -2.39. The number of benzene rings is 2. The molecule has 3 rings (SSSR count). The molecule has 2 aromatic carbocycles. The standard InChI is InChI=1S/C26H30F9N5O/c1-39(37)38-23(36)40(13-15-9-19(25(30,31)32)12-20(10-15)26(33,34)35)14-17-11-18(24(27,28)29)7-8-21(17)22(41)16-5-3-2-4-6-16/h7-12,16,22,41H,2-6,13-14,37H2,1H3,(H2,36,38). The molecule has 5 N–H and O–H groups in total. The smallest absolute Gasteiger partial charge is 0.388 e. The van der Waals surface area contributed by atoms with Gasteiger partial charge in [-0.2, -0.15) is 39.5 Å². The predicted molar refractivity (Wildman–Crippen MR) is 132 cm³/mol. The number of hydrogen-bond donors (Lipinski definition) is 3. The molecule has 1 saturated carbocycles. The molecular weight excluding hydrogens is 569 g/mol. The summed E-state index contributed by atoms with van der Waals surface area (Å²) in [4.78, 5) is 0.992. The Bertz CT molecular complexity index is 1190. The molecule has 0 aromatic heterocycles. The molecule has 0 amide bonds. The summed E-state index contributed by atoms with van der Waals surface area (Å²) in [6, 6.07) is 3.66. The Morgan fingerprint density at radius 2 is 1.39 bits per heavy atom. The highest BCUT2D eigenvalue weighted by atomic mass is 19.4. The Morgan fingerprint density at radius 1 is 0.854 bits per heavy atom. The predicted octanol–water partition coefficient (Wildman–Crippen LogP) is 6.39. The number of aliphatic hydroxyl groups excluding tert-OH is 1. The number of hydrazine groups is 1. The van der Waals surface area contributed by atoms with Gasteiger partial charge < -0.3 is 15.7 Å². The highest BCUT2D eigenvalue weighted by Crippen LogP contribution is 2.39. The molecule has 228 valence electrons. The molecule has 0 radical (unpaired) electrons. The van der Waals surface area contributed by atoms with E-state index in [2.05, 4.69) is 5.10 Å². The van der Waals surface area contributed by atoms with Gasteiger partial charge >= 0.3 is 18.5 Å². The van der Waals surface area contributed by atoms with E-state index in [1.165, 1.54) is 7.05 Å². The lowest BCUT2D eigenvalue weighted by molar-refractivity contribution is -0.143. The van der Waals surface area contributed by atoms with Gasteiger partial charge in [0.2, 0.25) is 5.96 Å². The fraction of sp³-hybridized carbons (Fsp3) is 0.500. The molecule has 0 heterocycles. The Morgan fingerprint density at radius 3 is 1.88 bits per heavy atom. The van der Waals surface area contributed by atoms with Crippen molar-refractivity contribution in [1.82, 2.24) is 10.0 Å². The summed E-state index contributed by atoms with van der Waals surface area (Å²) in [6.07, 6.45) is -12.3. The summed E-state index contributed by atoms with van der Waals surface area (Å²) in [6.45, 7) is -1.24. The fourth-order valence-corrected chi connectivity index (χ4v) is 4.89. The van der Waals surface area contributed by atoms with E-state index < -0.39 is 65.9 Å². The Hall–Kier alpha value is -3.20. The van der Waals surface area contributed by atoms with Crippen LogP contribution in [-0.2, 0) is 31.6 Å². The molecule has 1 aliphatic rings. The fourth-order valence-electron chi connectivity index (χ4n) is 4.89. The average molecular weight is 600 g/mol. The molecular formula is C26H30F9N5O. The molecule has 0 spiro atoms. The van der Waals surface area contributed by atoms with Crippen molar-refractivity contribution in [3.05, 3.63) is 69.8 Å². The highest BCUT2D eigenvalue weighted by Gasteiger charge is 2.37. The van der Waals surface area contributed by atoms with E-state index in [0.717, 1.165) is 47.5 Å². The van der Waals surface area contributed by atoms with Crippen molar-refractivity contribution in [2.24, 2.45) is 22.6 Å². The summed E-state index contributed by atoms with van der Waals surface area (Å²) in [5.74, 6) is 4.76. The first kappa shape index (κ1) is 32.3. The SMILES string of the molecule is CN(N)/N=C(\N)N(Cc1cc(C(F)(F)F)cc(C(F)(F)F)c1)Cc1cc(C(F)(F)F)ccc1C(O)C1CCCCC1. The number of halogens is 9. The van der Waals surface area contributed by atoms with Crippen molar-refractivity contribution in [1.29, 1.82) is 0 Å². The van der Waals surface area contributed by atoms with Gasteiger partial charge in [-0.1, -0.05) is 25.3 Å². The van der Waals surface area contributed by atoms with Gasteiger partial charge in [0.05, 0.1) is 22.8 Å². The van der Waals surface area contributed by atoms with E-state index in [-0.39, 0.29) is 23.1 Å². The van der Waals surface area contributed by atoms with Gasteiger partial charge in [0.15, 0.2) is 0 Å². The van der Waals surface area contributed by atoms with Gasteiger partial charge in [0, 0.05) is 20.1 Å². The molecule has 41 heavy (non-hydrogen) atoms. The number of nitrogens with zero attached hydrogens (tertiary/aromatic N) is 3. The summed E-state index contributed by atoms with van der Waals surface area (Å²) >= 11 is 0. The Labute approximate surface area is 230 Å². The molecule has 6 nitrogen and oxygen atoms in total. The van der Waals surface area contributed by atoms with E-state index in [4.69, 9.17) is 11.6 Å². The van der Waals surface area contributed by atoms with Crippen LogP contribution in [0.15, 0.2) is 41.5 Å². The van der Waals surface area contributed by atoms with E-state index in [0.29, 0.717) is 25.0 Å². The van der Waals surface area contributed by atoms with E-state index in [9.17, 15) is 44.6 Å². The van der Waals surface area contributed by atoms with Crippen LogP contribution in [0.4, 0.5) is 39.5 Å². The highest BCUT2D eigenvalue weighted by molar-refractivity contribution is 5.77. The van der Waals surface area contributed by atoms with E-state index in [1.54, 1.807) is 0 Å². The minimum Gasteiger partial charge on any atom is -0.388 e. The van der Waals surface area contributed by atoms with E-state index in [1.807, 2.05) is 0 Å². The molecule has 1 unspecified atom stereocenters. The Balaban J connectivity index is 2.11. The summed E-state index contributed by atoms with van der Waals surface area (Å²) in [5, 5.41) is 15.6. The van der Waals surface area contributed by atoms with Crippen LogP contribution in [0.1, 0.15) is 71.6 Å². The molecule has 15 heteroatoms. The minimum atomic E-state index is -5.11. The number of guanidine groups is 1. The van der Waals surface area contributed by atoms with Crippen LogP contribution in [-0.4, -0.2) is 28.1 Å². The first-order valence-corrected chi connectivity index (χ1v) is 12.6. The van der Waals surface area contributed by atoms with Crippen LogP contribution < -0.4 is 11.6 Å². The second-order valence-corrected chi connectivity index (χ2v) is 10.1. The lowest BCUT2D eigenvalue weighted by atomic mass is 9.81. The van der Waals surface area contributed by atoms with Crippen LogP contribution in [0.25, 0.3) is 0 Å². The third-order valence-electron chi connectivity index (χ3n) is 6.85. The summed E-state index contributed by atoms with van der Waals surface area (Å²) in [5.41, 5.74) is 1.38. The topological polar surface area (TPSA) is 91.1 Å². The third kappa shape index (κ3) is 8.64. The number of hydrogen-bond acceptors (Lipinski definition) is 4. The van der Waals surface area contributed by atoms with Crippen molar-refractivity contribution in [2.45, 2.75) is 69.8 Å². The van der Waals surface area contributed by atoms with E-state index >= 15 is 0 Å². The van der Waals surface area contributed by atoms with Gasteiger partial charge in [-0.15, -0.1) is 5.10 Å². The molecule has 0 aliphatic heterocycles. The van der Waals surface area contributed by atoms with Crippen LogP contribution in [0.3, 0.4) is 0 Å². The summed E-state index contributed by atoms with van der Waals surface area (Å²) < 4.78 is 121.